The molecule has 3 aromatic rings. The molecule has 0 radical (unpaired) electrons. The van der Waals surface area contributed by atoms with Gasteiger partial charge in [-0.3, -0.25) is 15.0 Å². The molecule has 1 aromatic heterocycles. The normalized spacial score (nSPS) is 17.8. The summed E-state index contributed by atoms with van der Waals surface area (Å²) in [5, 5.41) is 11.6. The molecule has 9 nitrogen and oxygen atoms in total. The Bertz CT molecular complexity index is 1210. The molecule has 10 heteroatoms. The van der Waals surface area contributed by atoms with Gasteiger partial charge in [-0.2, -0.15) is 5.01 Å². The van der Waals surface area contributed by atoms with Crippen molar-refractivity contribution in [1.29, 1.82) is 0 Å². The molecule has 0 aliphatic carbocycles. The van der Waals surface area contributed by atoms with E-state index >= 15 is 0 Å². The Hall–Kier alpha value is -3.66. The number of nitrogens with zero attached hydrogens (tertiary/aromatic N) is 3. The fraction of sp³-hybridized carbons (Fsp3) is 0.261. The number of rotatable bonds is 7. The molecule has 2 aromatic carbocycles. The van der Waals surface area contributed by atoms with Gasteiger partial charge in [-0.05, 0) is 49.1 Å². The maximum atomic E-state index is 13.1. The van der Waals surface area contributed by atoms with Crippen molar-refractivity contribution in [2.75, 3.05) is 5.75 Å². The monoisotopic (exact) mass is 465 g/mol. The van der Waals surface area contributed by atoms with Gasteiger partial charge in [0.1, 0.15) is 5.54 Å². The molecular formula is C23H23N5O4S. The molecule has 170 valence electrons. The average molecular weight is 466 g/mol. The molecule has 4 amide bonds. The Balaban J connectivity index is 1.39. The lowest BCUT2D eigenvalue weighted by atomic mass is 9.87. The van der Waals surface area contributed by atoms with Gasteiger partial charge in [0, 0.05) is 5.56 Å². The number of amides is 4. The molecule has 4 rings (SSSR count). The fourth-order valence-corrected chi connectivity index (χ4v) is 4.14. The zero-order valence-electron chi connectivity index (χ0n) is 18.4. The number of aryl methyl sites for hydroxylation is 2. The molecule has 33 heavy (non-hydrogen) atoms. The highest BCUT2D eigenvalue weighted by Crippen LogP contribution is 2.31. The van der Waals surface area contributed by atoms with Crippen molar-refractivity contribution >= 4 is 29.6 Å². The number of imide groups is 1. The SMILES string of the molecule is CCC1(c2ccccc2)NC(=O)N(NC(=O)CSc2nnc(-c3ccc(C)c(C)c3)o2)C1=O. The van der Waals surface area contributed by atoms with Crippen LogP contribution in [0.1, 0.15) is 30.0 Å². The number of urea groups is 1. The second-order valence-electron chi connectivity index (χ2n) is 7.69. The summed E-state index contributed by atoms with van der Waals surface area (Å²) in [5.41, 5.74) is 4.87. The van der Waals surface area contributed by atoms with Crippen LogP contribution < -0.4 is 10.7 Å². The van der Waals surface area contributed by atoms with Gasteiger partial charge in [0.2, 0.25) is 11.8 Å². The third-order valence-corrected chi connectivity index (χ3v) is 6.43. The molecule has 1 aliphatic rings. The first-order valence-corrected chi connectivity index (χ1v) is 11.4. The van der Waals surface area contributed by atoms with E-state index in [1.54, 1.807) is 31.2 Å². The summed E-state index contributed by atoms with van der Waals surface area (Å²) >= 11 is 1.02. The zero-order valence-corrected chi connectivity index (χ0v) is 19.2. The van der Waals surface area contributed by atoms with Crippen LogP contribution >= 0.6 is 11.8 Å². The summed E-state index contributed by atoms with van der Waals surface area (Å²) in [4.78, 5) is 38.0. The number of carbonyl (C=O) groups is 3. The molecular weight excluding hydrogens is 442 g/mol. The molecule has 2 heterocycles. The van der Waals surface area contributed by atoms with Crippen molar-refractivity contribution in [1.82, 2.24) is 25.9 Å². The number of carbonyl (C=O) groups excluding carboxylic acids is 3. The summed E-state index contributed by atoms with van der Waals surface area (Å²) in [6.45, 7) is 5.81. The molecule has 1 saturated heterocycles. The molecule has 0 bridgehead atoms. The Kier molecular flexibility index (Phi) is 6.19. The lowest BCUT2D eigenvalue weighted by Gasteiger charge is -2.25. The van der Waals surface area contributed by atoms with E-state index in [2.05, 4.69) is 20.9 Å². The van der Waals surface area contributed by atoms with Crippen molar-refractivity contribution < 1.29 is 18.8 Å². The van der Waals surface area contributed by atoms with Gasteiger partial charge < -0.3 is 9.73 Å². The van der Waals surface area contributed by atoms with E-state index in [0.29, 0.717) is 17.9 Å². The van der Waals surface area contributed by atoms with Crippen molar-refractivity contribution in [2.45, 2.75) is 38.0 Å². The smallest absolute Gasteiger partial charge is 0.344 e. The molecule has 1 unspecified atom stereocenters. The minimum absolute atomic E-state index is 0.115. The number of hydrogen-bond acceptors (Lipinski definition) is 7. The van der Waals surface area contributed by atoms with Crippen LogP contribution in [0.25, 0.3) is 11.5 Å². The summed E-state index contributed by atoms with van der Waals surface area (Å²) in [6, 6.07) is 14.1. The van der Waals surface area contributed by atoms with Gasteiger partial charge >= 0.3 is 6.03 Å². The highest BCUT2D eigenvalue weighted by Gasteiger charge is 2.52. The number of hydrazine groups is 1. The summed E-state index contributed by atoms with van der Waals surface area (Å²) in [7, 11) is 0. The van der Waals surface area contributed by atoms with E-state index in [9.17, 15) is 14.4 Å². The van der Waals surface area contributed by atoms with Crippen LogP contribution in [-0.4, -0.2) is 38.8 Å². The van der Waals surface area contributed by atoms with E-state index in [1.165, 1.54) is 0 Å². The summed E-state index contributed by atoms with van der Waals surface area (Å²) in [5.74, 6) is -0.842. The van der Waals surface area contributed by atoms with Crippen molar-refractivity contribution in [3.63, 3.8) is 0 Å². The minimum atomic E-state index is -1.22. The van der Waals surface area contributed by atoms with E-state index in [4.69, 9.17) is 4.42 Å². The third-order valence-electron chi connectivity index (χ3n) is 5.61. The molecule has 0 spiro atoms. The fourth-order valence-electron chi connectivity index (χ4n) is 3.58. The number of nitrogens with one attached hydrogen (secondary N) is 2. The Morgan fingerprint density at radius 3 is 2.58 bits per heavy atom. The molecule has 1 fully saturated rings. The number of benzene rings is 2. The van der Waals surface area contributed by atoms with Gasteiger partial charge in [0.25, 0.3) is 11.1 Å². The maximum Gasteiger partial charge on any atom is 0.344 e. The number of thioether (sulfide) groups is 1. The van der Waals surface area contributed by atoms with Crippen LogP contribution in [0.3, 0.4) is 0 Å². The average Bonchev–Trinajstić information content (AvgIpc) is 3.39. The molecule has 1 atom stereocenters. The van der Waals surface area contributed by atoms with Crippen LogP contribution in [0.2, 0.25) is 0 Å². The van der Waals surface area contributed by atoms with Crippen LogP contribution in [-0.2, 0) is 15.1 Å². The van der Waals surface area contributed by atoms with Crippen molar-refractivity contribution in [3.8, 4) is 11.5 Å². The van der Waals surface area contributed by atoms with Crippen molar-refractivity contribution in [2.24, 2.45) is 0 Å². The highest BCUT2D eigenvalue weighted by molar-refractivity contribution is 7.99. The van der Waals surface area contributed by atoms with E-state index in [1.807, 2.05) is 38.1 Å². The number of aromatic nitrogens is 2. The van der Waals surface area contributed by atoms with E-state index < -0.39 is 23.4 Å². The lowest BCUT2D eigenvalue weighted by Crippen LogP contribution is -2.49. The predicted molar refractivity (Wildman–Crippen MR) is 122 cm³/mol. The minimum Gasteiger partial charge on any atom is -0.411 e. The van der Waals surface area contributed by atoms with Gasteiger partial charge in [0.05, 0.1) is 5.75 Å². The van der Waals surface area contributed by atoms with Gasteiger partial charge in [-0.1, -0.05) is 55.1 Å². The first kappa shape index (κ1) is 22.5. The first-order valence-electron chi connectivity index (χ1n) is 10.4. The second kappa shape index (κ2) is 9.07. The third kappa shape index (κ3) is 4.34. The Morgan fingerprint density at radius 2 is 1.88 bits per heavy atom. The predicted octanol–water partition coefficient (Wildman–Crippen LogP) is 3.33. The first-order chi connectivity index (χ1) is 15.8. The topological polar surface area (TPSA) is 117 Å². The zero-order chi connectivity index (χ0) is 23.6. The van der Waals surface area contributed by atoms with Crippen molar-refractivity contribution in [3.05, 3.63) is 65.2 Å². The summed E-state index contributed by atoms with van der Waals surface area (Å²) < 4.78 is 5.64. The van der Waals surface area contributed by atoms with Crippen LogP contribution in [0.15, 0.2) is 58.2 Å². The van der Waals surface area contributed by atoms with Crippen LogP contribution in [0, 0.1) is 13.8 Å². The standard InChI is InChI=1S/C23H23N5O4S/c1-4-23(17-8-6-5-7-9-17)20(30)28(21(31)24-23)27-18(29)13-33-22-26-25-19(32-22)16-11-10-14(2)15(3)12-16/h5-12H,4,13H2,1-3H3,(H,24,31)(H,27,29). The van der Waals surface area contributed by atoms with E-state index in [0.717, 1.165) is 33.5 Å². The van der Waals surface area contributed by atoms with Gasteiger partial charge in [0.15, 0.2) is 0 Å². The largest absolute Gasteiger partial charge is 0.411 e. The van der Waals surface area contributed by atoms with Gasteiger partial charge in [-0.15, -0.1) is 10.2 Å². The molecule has 2 N–H and O–H groups in total. The van der Waals surface area contributed by atoms with Crippen LogP contribution in [0.4, 0.5) is 4.79 Å². The van der Waals surface area contributed by atoms with E-state index in [-0.39, 0.29) is 11.0 Å². The second-order valence-corrected chi connectivity index (χ2v) is 8.62. The lowest BCUT2D eigenvalue weighted by molar-refractivity contribution is -0.138. The van der Waals surface area contributed by atoms with Gasteiger partial charge in [-0.25, -0.2) is 4.79 Å². The maximum absolute atomic E-state index is 13.1. The highest BCUT2D eigenvalue weighted by atomic mass is 32.2. The van der Waals surface area contributed by atoms with Crippen LogP contribution in [0.5, 0.6) is 0 Å². The Morgan fingerprint density at radius 1 is 1.12 bits per heavy atom. The summed E-state index contributed by atoms with van der Waals surface area (Å²) in [6.07, 6.45) is 0.339. The molecule has 1 aliphatic heterocycles. The Labute approximate surface area is 194 Å². The number of hydrogen-bond donors (Lipinski definition) is 2. The quantitative estimate of drug-likeness (QED) is 0.406. The molecule has 0 saturated carbocycles.